The molecule has 1 fully saturated rings. The Balaban J connectivity index is 1.56. The van der Waals surface area contributed by atoms with Gasteiger partial charge in [-0.05, 0) is 12.1 Å². The minimum atomic E-state index is -0.916. The smallest absolute Gasteiger partial charge is 0.257 e. The van der Waals surface area contributed by atoms with Crippen molar-refractivity contribution in [3.63, 3.8) is 0 Å². The number of nitrogens with zero attached hydrogens (tertiary/aromatic N) is 2. The Morgan fingerprint density at radius 1 is 1.21 bits per heavy atom. The molecule has 150 valence electrons. The molecular weight excluding hydrogens is 402 g/mol. The summed E-state index contributed by atoms with van der Waals surface area (Å²) in [6, 6.07) is 7.79. The molecule has 1 aliphatic heterocycles. The van der Waals surface area contributed by atoms with Gasteiger partial charge in [0.25, 0.3) is 5.91 Å². The molecule has 1 atom stereocenters. The van der Waals surface area contributed by atoms with Gasteiger partial charge < -0.3 is 19.8 Å². The number of carbonyl (C=O) groups is 1. The molecule has 2 heterocycles. The van der Waals surface area contributed by atoms with Crippen LogP contribution in [0.5, 0.6) is 11.5 Å². The fraction of sp³-hybridized carbons (Fsp3) is 0.200. The lowest BCUT2D eigenvalue weighted by atomic mass is 10.1. The lowest BCUT2D eigenvalue weighted by Crippen LogP contribution is -2.42. The zero-order chi connectivity index (χ0) is 20.5. The van der Waals surface area contributed by atoms with Crippen LogP contribution in [0.4, 0.5) is 8.78 Å². The van der Waals surface area contributed by atoms with E-state index in [0.717, 1.165) is 6.07 Å². The Bertz CT molecular complexity index is 1050. The molecule has 2 aromatic carbocycles. The highest BCUT2D eigenvalue weighted by Crippen LogP contribution is 2.36. The maximum absolute atomic E-state index is 14.1. The number of phenolic OH excluding ortho intramolecular Hbond substituents is 2. The summed E-state index contributed by atoms with van der Waals surface area (Å²) in [6.07, 6.45) is -0.539. The number of aromatic nitrogens is 1. The van der Waals surface area contributed by atoms with Crippen molar-refractivity contribution in [3.8, 4) is 22.8 Å². The number of para-hydroxylation sites is 1. The zero-order valence-corrected chi connectivity index (χ0v) is 15.8. The number of thiazole rings is 1. The second-order valence-electron chi connectivity index (χ2n) is 6.48. The summed E-state index contributed by atoms with van der Waals surface area (Å²) in [5.41, 5.74) is 0.172. The molecule has 0 radical (unpaired) electrons. The third-order valence-electron chi connectivity index (χ3n) is 4.58. The number of morpholine rings is 1. The normalized spacial score (nSPS) is 16.8. The molecule has 4 rings (SSSR count). The van der Waals surface area contributed by atoms with E-state index in [9.17, 15) is 23.8 Å². The number of halogens is 2. The van der Waals surface area contributed by atoms with Gasteiger partial charge in [-0.15, -0.1) is 11.3 Å². The van der Waals surface area contributed by atoms with Crippen molar-refractivity contribution in [2.75, 3.05) is 19.7 Å². The molecule has 9 heteroatoms. The Morgan fingerprint density at radius 2 is 2.00 bits per heavy atom. The van der Waals surface area contributed by atoms with Crippen LogP contribution < -0.4 is 0 Å². The molecule has 1 aliphatic rings. The summed E-state index contributed by atoms with van der Waals surface area (Å²) in [4.78, 5) is 18.6. The molecule has 3 aromatic rings. The molecule has 0 spiro atoms. The third-order valence-corrected chi connectivity index (χ3v) is 5.51. The number of hydrogen-bond donors (Lipinski definition) is 2. The van der Waals surface area contributed by atoms with Crippen LogP contribution in [0, 0.1) is 11.6 Å². The van der Waals surface area contributed by atoms with E-state index in [4.69, 9.17) is 4.74 Å². The Morgan fingerprint density at radius 3 is 2.76 bits per heavy atom. The van der Waals surface area contributed by atoms with Crippen LogP contribution >= 0.6 is 11.3 Å². The van der Waals surface area contributed by atoms with Gasteiger partial charge in [0.15, 0.2) is 0 Å². The summed E-state index contributed by atoms with van der Waals surface area (Å²) in [7, 11) is 0. The van der Waals surface area contributed by atoms with E-state index < -0.39 is 23.5 Å². The van der Waals surface area contributed by atoms with Gasteiger partial charge in [-0.25, -0.2) is 13.8 Å². The van der Waals surface area contributed by atoms with Crippen LogP contribution in [0.3, 0.4) is 0 Å². The van der Waals surface area contributed by atoms with Crippen molar-refractivity contribution in [1.82, 2.24) is 9.88 Å². The van der Waals surface area contributed by atoms with E-state index in [1.807, 2.05) is 0 Å². The van der Waals surface area contributed by atoms with Crippen LogP contribution in [-0.4, -0.2) is 45.7 Å². The van der Waals surface area contributed by atoms with Crippen LogP contribution in [0.1, 0.15) is 21.5 Å². The van der Waals surface area contributed by atoms with Crippen LogP contribution in [-0.2, 0) is 4.74 Å². The fourth-order valence-electron chi connectivity index (χ4n) is 3.17. The molecule has 0 bridgehead atoms. The summed E-state index contributed by atoms with van der Waals surface area (Å²) in [6.45, 7) is 0.836. The van der Waals surface area contributed by atoms with Gasteiger partial charge in [0.05, 0.1) is 30.0 Å². The van der Waals surface area contributed by atoms with E-state index in [1.165, 1.54) is 17.4 Å². The van der Waals surface area contributed by atoms with E-state index >= 15 is 0 Å². The van der Waals surface area contributed by atoms with E-state index in [2.05, 4.69) is 4.98 Å². The topological polar surface area (TPSA) is 82.9 Å². The molecule has 29 heavy (non-hydrogen) atoms. The maximum atomic E-state index is 14.1. The van der Waals surface area contributed by atoms with Gasteiger partial charge >= 0.3 is 0 Å². The Kier molecular flexibility index (Phi) is 5.16. The molecular formula is C20H16F2N2O4S. The lowest BCUT2D eigenvalue weighted by molar-refractivity contribution is -0.0229. The van der Waals surface area contributed by atoms with Crippen molar-refractivity contribution in [1.29, 1.82) is 0 Å². The number of amides is 1. The molecule has 0 saturated carbocycles. The van der Waals surface area contributed by atoms with Gasteiger partial charge in [-0.2, -0.15) is 0 Å². The largest absolute Gasteiger partial charge is 0.507 e. The average Bonchev–Trinajstić information content (AvgIpc) is 3.17. The first-order valence-electron chi connectivity index (χ1n) is 8.76. The van der Waals surface area contributed by atoms with Gasteiger partial charge in [-0.1, -0.05) is 12.1 Å². The van der Waals surface area contributed by atoms with Crippen molar-refractivity contribution in [2.45, 2.75) is 6.10 Å². The minimum Gasteiger partial charge on any atom is -0.507 e. The number of phenols is 2. The van der Waals surface area contributed by atoms with E-state index in [0.29, 0.717) is 17.6 Å². The van der Waals surface area contributed by atoms with Gasteiger partial charge in [0.2, 0.25) is 0 Å². The number of hydrogen-bond acceptors (Lipinski definition) is 6. The molecule has 0 aliphatic carbocycles. The highest BCUT2D eigenvalue weighted by Gasteiger charge is 2.29. The van der Waals surface area contributed by atoms with Crippen LogP contribution in [0.25, 0.3) is 11.3 Å². The molecule has 6 nitrogen and oxygen atoms in total. The molecule has 0 unspecified atom stereocenters. The average molecular weight is 418 g/mol. The summed E-state index contributed by atoms with van der Waals surface area (Å²) in [5.74, 6) is -2.76. The summed E-state index contributed by atoms with van der Waals surface area (Å²) < 4.78 is 33.0. The Hall–Kier alpha value is -3.04. The highest BCUT2D eigenvalue weighted by atomic mass is 32.1. The summed E-state index contributed by atoms with van der Waals surface area (Å²) >= 11 is 1.19. The highest BCUT2D eigenvalue weighted by molar-refractivity contribution is 7.10. The number of ether oxygens (including phenoxy) is 1. The molecule has 1 amide bonds. The van der Waals surface area contributed by atoms with E-state index in [1.54, 1.807) is 28.5 Å². The SMILES string of the molecule is O=C(c1ccccc1O)N1CCO[C@@H](c2nc(-c3c(O)cc(F)cc3F)cs2)C1. The second-order valence-corrected chi connectivity index (χ2v) is 7.37. The van der Waals surface area contributed by atoms with E-state index in [-0.39, 0.29) is 41.6 Å². The third kappa shape index (κ3) is 3.79. The number of rotatable bonds is 3. The molecule has 2 N–H and O–H groups in total. The number of benzene rings is 2. The first-order chi connectivity index (χ1) is 13.9. The summed E-state index contributed by atoms with van der Waals surface area (Å²) in [5, 5.41) is 21.8. The second kappa shape index (κ2) is 7.76. The molecule has 1 aromatic heterocycles. The van der Waals surface area contributed by atoms with Crippen LogP contribution in [0.15, 0.2) is 41.8 Å². The number of aromatic hydroxyl groups is 2. The predicted octanol–water partition coefficient (Wildman–Crippen LogP) is 3.71. The first kappa shape index (κ1) is 19.3. The monoisotopic (exact) mass is 418 g/mol. The van der Waals surface area contributed by atoms with Crippen LogP contribution in [0.2, 0.25) is 0 Å². The van der Waals surface area contributed by atoms with Crippen molar-refractivity contribution < 1.29 is 28.5 Å². The zero-order valence-electron chi connectivity index (χ0n) is 15.0. The maximum Gasteiger partial charge on any atom is 0.257 e. The fourth-order valence-corrected chi connectivity index (χ4v) is 4.02. The number of carbonyl (C=O) groups excluding carboxylic acids is 1. The van der Waals surface area contributed by atoms with Crippen molar-refractivity contribution >= 4 is 17.2 Å². The first-order valence-corrected chi connectivity index (χ1v) is 9.64. The minimum absolute atomic E-state index is 0.0978. The van der Waals surface area contributed by atoms with Gasteiger partial charge in [0.1, 0.15) is 34.2 Å². The quantitative estimate of drug-likeness (QED) is 0.678. The lowest BCUT2D eigenvalue weighted by Gasteiger charge is -2.32. The van der Waals surface area contributed by atoms with Crippen molar-refractivity contribution in [2.24, 2.45) is 0 Å². The van der Waals surface area contributed by atoms with Crippen molar-refractivity contribution in [3.05, 3.63) is 64.0 Å². The van der Waals surface area contributed by atoms with Gasteiger partial charge in [-0.3, -0.25) is 4.79 Å². The standard InChI is InChI=1S/C20H16F2N2O4S/c21-11-7-13(22)18(16(26)8-11)14-10-29-19(23-14)17-9-24(5-6-28-17)20(27)12-3-1-2-4-15(12)25/h1-4,7-8,10,17,25-26H,5-6,9H2/t17-/m1/s1. The molecule has 1 saturated heterocycles. The Labute approximate surface area is 168 Å². The predicted molar refractivity (Wildman–Crippen MR) is 102 cm³/mol. The van der Waals surface area contributed by atoms with Gasteiger partial charge in [0, 0.05) is 24.1 Å².